The number of rotatable bonds is 6. The van der Waals surface area contributed by atoms with Crippen LogP contribution in [0.2, 0.25) is 0 Å². The molecule has 0 aromatic heterocycles. The van der Waals surface area contributed by atoms with E-state index in [0.29, 0.717) is 0 Å². The fourth-order valence-corrected chi connectivity index (χ4v) is 4.92. The van der Waals surface area contributed by atoms with Crippen LogP contribution in [-0.2, 0) is 4.79 Å². The summed E-state index contributed by atoms with van der Waals surface area (Å²) in [7, 11) is 2.86. The van der Waals surface area contributed by atoms with Gasteiger partial charge in [-0.3, -0.25) is 4.79 Å². The molecule has 1 unspecified atom stereocenters. The van der Waals surface area contributed by atoms with Gasteiger partial charge in [0.15, 0.2) is 0 Å². The summed E-state index contributed by atoms with van der Waals surface area (Å²) in [5, 5.41) is 8.94. The van der Waals surface area contributed by atoms with Gasteiger partial charge in [-0.1, -0.05) is 29.3 Å². The molecule has 19 heavy (non-hydrogen) atoms. The zero-order valence-electron chi connectivity index (χ0n) is 9.28. The van der Waals surface area contributed by atoms with E-state index >= 15 is 0 Å². The molecule has 1 N–H and O–H groups in total. The summed E-state index contributed by atoms with van der Waals surface area (Å²) in [5.74, 6) is -1.25. The summed E-state index contributed by atoms with van der Waals surface area (Å²) in [4.78, 5) is 12.9. The van der Waals surface area contributed by atoms with E-state index in [2.05, 4.69) is 29.6 Å². The van der Waals surface area contributed by atoms with Crippen molar-refractivity contribution in [3.05, 3.63) is 34.3 Å². The Hall–Kier alpha value is 0.670. The molecule has 0 spiro atoms. The van der Waals surface area contributed by atoms with Crippen LogP contribution in [0.25, 0.3) is 0 Å². The first-order chi connectivity index (χ1) is 8.97. The summed E-state index contributed by atoms with van der Waals surface area (Å²) < 4.78 is 0.0678. The minimum Gasteiger partial charge on any atom is -0.481 e. The van der Waals surface area contributed by atoms with Gasteiger partial charge in [0.1, 0.15) is 4.49 Å². The zero-order chi connectivity index (χ0) is 14.4. The average molecular weight is 467 g/mol. The smallest absolute Gasteiger partial charge is 0.304 e. The lowest BCUT2D eigenvalue weighted by Gasteiger charge is -2.13. The second kappa shape index (κ2) is 8.85. The van der Waals surface area contributed by atoms with Crippen molar-refractivity contribution in [2.75, 3.05) is 0 Å². The van der Waals surface area contributed by atoms with Crippen LogP contribution in [0.5, 0.6) is 0 Å². The van der Waals surface area contributed by atoms with E-state index in [1.807, 2.05) is 18.2 Å². The van der Waals surface area contributed by atoms with Gasteiger partial charge >= 0.3 is 5.97 Å². The molecule has 1 aromatic carbocycles. The topological polar surface area (TPSA) is 37.3 Å². The second-order valence-corrected chi connectivity index (χ2v) is 7.66. The molecule has 2 nitrogen and oxygen atoms in total. The van der Waals surface area contributed by atoms with Crippen LogP contribution in [0, 0.1) is 0 Å². The number of benzene rings is 1. The summed E-state index contributed by atoms with van der Waals surface area (Å²) in [6.07, 6.45) is 1.48. The monoisotopic (exact) mass is 464 g/mol. The van der Waals surface area contributed by atoms with Crippen LogP contribution in [0.15, 0.2) is 38.6 Å². The van der Waals surface area contributed by atoms with Crippen molar-refractivity contribution < 1.29 is 9.90 Å². The Bertz CT molecular complexity index is 494. The second-order valence-electron chi connectivity index (χ2n) is 3.52. The Morgan fingerprint density at radius 3 is 2.42 bits per heavy atom. The van der Waals surface area contributed by atoms with Crippen molar-refractivity contribution in [3.63, 3.8) is 0 Å². The van der Waals surface area contributed by atoms with Crippen LogP contribution in [0.1, 0.15) is 17.9 Å². The van der Waals surface area contributed by atoms with Crippen LogP contribution in [0.3, 0.4) is 0 Å². The van der Waals surface area contributed by atoms with Crippen LogP contribution in [-0.4, -0.2) is 11.1 Å². The number of hydrogen-bond acceptors (Lipinski definition) is 3. The van der Waals surface area contributed by atoms with Crippen molar-refractivity contribution in [1.82, 2.24) is 0 Å². The van der Waals surface area contributed by atoms with E-state index in [0.717, 1.165) is 15.4 Å². The fourth-order valence-electron chi connectivity index (χ4n) is 1.49. The van der Waals surface area contributed by atoms with Crippen LogP contribution in [0.4, 0.5) is 0 Å². The highest BCUT2D eigenvalue weighted by Crippen LogP contribution is 2.39. The molecule has 1 rings (SSSR count). The SMILES string of the molecule is O=C(O)CC(C=C(Cl)Cl)c1ccc(SBr)c(SBr)c1. The summed E-state index contributed by atoms with van der Waals surface area (Å²) in [6, 6.07) is 5.71. The number of allylic oxidation sites excluding steroid dienone is 1. The highest BCUT2D eigenvalue weighted by atomic mass is 79.9. The molecular formula is C11H8Br2Cl2O2S2. The molecule has 0 aliphatic rings. The van der Waals surface area contributed by atoms with Crippen molar-refractivity contribution >= 4 is 79.2 Å². The van der Waals surface area contributed by atoms with Gasteiger partial charge in [0.05, 0.1) is 6.42 Å². The molecule has 0 amide bonds. The van der Waals surface area contributed by atoms with E-state index in [4.69, 9.17) is 28.3 Å². The Morgan fingerprint density at radius 1 is 1.32 bits per heavy atom. The summed E-state index contributed by atoms with van der Waals surface area (Å²) in [5.41, 5.74) is 0.855. The number of hydrogen-bond donors (Lipinski definition) is 1. The third-order valence-corrected chi connectivity index (χ3v) is 5.78. The number of carboxylic acids is 1. The minimum atomic E-state index is -0.900. The first kappa shape index (κ1) is 17.7. The van der Waals surface area contributed by atoms with Crippen molar-refractivity contribution in [2.45, 2.75) is 22.1 Å². The van der Waals surface area contributed by atoms with Gasteiger partial charge in [0.2, 0.25) is 0 Å². The number of carboxylic acid groups (broad SMARTS) is 1. The highest BCUT2D eigenvalue weighted by Gasteiger charge is 2.16. The molecule has 0 heterocycles. The third-order valence-electron chi connectivity index (χ3n) is 2.28. The van der Waals surface area contributed by atoms with Crippen LogP contribution >= 0.6 is 73.2 Å². The van der Waals surface area contributed by atoms with Gasteiger partial charge in [-0.25, -0.2) is 0 Å². The molecule has 0 aliphatic carbocycles. The molecule has 1 atom stereocenters. The molecule has 0 aliphatic heterocycles. The molecule has 0 fully saturated rings. The first-order valence-electron chi connectivity index (χ1n) is 4.93. The predicted octanol–water partition coefficient (Wildman–Crippen LogP) is 6.37. The lowest BCUT2D eigenvalue weighted by atomic mass is 9.96. The number of carbonyl (C=O) groups is 1. The average Bonchev–Trinajstić information content (AvgIpc) is 2.36. The lowest BCUT2D eigenvalue weighted by molar-refractivity contribution is -0.137. The Kier molecular flexibility index (Phi) is 8.25. The zero-order valence-corrected chi connectivity index (χ0v) is 15.6. The van der Waals surface area contributed by atoms with E-state index < -0.39 is 5.97 Å². The van der Waals surface area contributed by atoms with Crippen molar-refractivity contribution in [2.24, 2.45) is 0 Å². The van der Waals surface area contributed by atoms with Gasteiger partial charge < -0.3 is 5.11 Å². The molecule has 8 heteroatoms. The van der Waals surface area contributed by atoms with Gasteiger partial charge in [-0.15, -0.1) is 0 Å². The molecule has 104 valence electrons. The maximum atomic E-state index is 10.9. The lowest BCUT2D eigenvalue weighted by Crippen LogP contribution is -2.04. The standard InChI is InChI=1S/C11H8Br2Cl2O2S2/c12-18-8-2-1-6(3-9(8)19-13)7(4-10(14)15)5-11(16)17/h1-4,7H,5H2,(H,16,17). The summed E-state index contributed by atoms with van der Waals surface area (Å²) in [6.45, 7) is 0. The largest absolute Gasteiger partial charge is 0.481 e. The normalized spacial score (nSPS) is 12.0. The van der Waals surface area contributed by atoms with Gasteiger partial charge in [-0.2, -0.15) is 0 Å². The Labute approximate surface area is 144 Å². The fraction of sp³-hybridized carbons (Fsp3) is 0.182. The minimum absolute atomic E-state index is 0.0594. The number of halogens is 4. The quantitative estimate of drug-likeness (QED) is 0.528. The van der Waals surface area contributed by atoms with E-state index in [1.54, 1.807) is 0 Å². The Balaban J connectivity index is 3.15. The third kappa shape index (κ3) is 5.89. The van der Waals surface area contributed by atoms with Gasteiger partial charge in [-0.05, 0) is 73.8 Å². The molecule has 0 saturated heterocycles. The molecule has 0 radical (unpaired) electrons. The van der Waals surface area contributed by atoms with Crippen LogP contribution < -0.4 is 0 Å². The van der Waals surface area contributed by atoms with E-state index in [9.17, 15) is 4.79 Å². The molecule has 1 aromatic rings. The Morgan fingerprint density at radius 2 is 1.95 bits per heavy atom. The maximum Gasteiger partial charge on any atom is 0.304 e. The van der Waals surface area contributed by atoms with Crippen molar-refractivity contribution in [3.8, 4) is 0 Å². The molecular weight excluding hydrogens is 459 g/mol. The van der Waals surface area contributed by atoms with Gasteiger partial charge in [0.25, 0.3) is 0 Å². The summed E-state index contributed by atoms with van der Waals surface area (Å²) >= 11 is 17.9. The number of aliphatic carboxylic acids is 1. The molecule has 0 saturated carbocycles. The van der Waals surface area contributed by atoms with Gasteiger partial charge in [0, 0.05) is 15.7 Å². The maximum absolute atomic E-state index is 10.9. The predicted molar refractivity (Wildman–Crippen MR) is 90.8 cm³/mol. The first-order valence-corrected chi connectivity index (χ1v) is 11.0. The van der Waals surface area contributed by atoms with E-state index in [1.165, 1.54) is 26.5 Å². The van der Waals surface area contributed by atoms with E-state index in [-0.39, 0.29) is 16.8 Å². The van der Waals surface area contributed by atoms with Crippen molar-refractivity contribution in [1.29, 1.82) is 0 Å². The molecule has 0 bridgehead atoms. The highest BCUT2D eigenvalue weighted by molar-refractivity contribution is 9.50.